The van der Waals surface area contributed by atoms with E-state index >= 15 is 0 Å². The standard InChI is InChI=1S/C7H8N2O5S2/c1-15-6-2-4(8)7(16(12,13)14)3-5(6)9(10)11/h2-3H,8H2,1H3,(H,12,13,14). The molecule has 0 fully saturated rings. The summed E-state index contributed by atoms with van der Waals surface area (Å²) in [5, 5.41) is 10.6. The van der Waals surface area contributed by atoms with Crippen molar-refractivity contribution >= 4 is 33.3 Å². The Balaban J connectivity index is 3.58. The highest BCUT2D eigenvalue weighted by Crippen LogP contribution is 2.33. The van der Waals surface area contributed by atoms with Gasteiger partial charge < -0.3 is 5.73 Å². The van der Waals surface area contributed by atoms with E-state index in [1.165, 1.54) is 0 Å². The summed E-state index contributed by atoms with van der Waals surface area (Å²) in [6, 6.07) is 1.89. The maximum absolute atomic E-state index is 10.9. The molecule has 1 aromatic carbocycles. The molecular weight excluding hydrogens is 256 g/mol. The lowest BCUT2D eigenvalue weighted by Gasteiger charge is -2.05. The molecule has 16 heavy (non-hydrogen) atoms. The maximum atomic E-state index is 10.9. The first kappa shape index (κ1) is 12.7. The van der Waals surface area contributed by atoms with Gasteiger partial charge in [-0.2, -0.15) is 8.42 Å². The molecule has 0 saturated carbocycles. The first-order chi connectivity index (χ1) is 7.27. The van der Waals surface area contributed by atoms with Gasteiger partial charge in [-0.25, -0.2) is 0 Å². The van der Waals surface area contributed by atoms with Crippen molar-refractivity contribution < 1.29 is 17.9 Å². The molecule has 1 aromatic rings. The molecule has 7 nitrogen and oxygen atoms in total. The summed E-state index contributed by atoms with van der Waals surface area (Å²) in [6.07, 6.45) is 1.59. The predicted octanol–water partition coefficient (Wildman–Crippen LogP) is 1.15. The number of nitrogens with zero attached hydrogens (tertiary/aromatic N) is 1. The van der Waals surface area contributed by atoms with E-state index in [4.69, 9.17) is 10.3 Å². The first-order valence-electron chi connectivity index (χ1n) is 3.86. The van der Waals surface area contributed by atoms with Crippen LogP contribution >= 0.6 is 11.8 Å². The van der Waals surface area contributed by atoms with E-state index in [1.54, 1.807) is 6.26 Å². The zero-order valence-electron chi connectivity index (χ0n) is 8.08. The van der Waals surface area contributed by atoms with Crippen LogP contribution in [0, 0.1) is 10.1 Å². The summed E-state index contributed by atoms with van der Waals surface area (Å²) in [5.41, 5.74) is 4.74. The predicted molar refractivity (Wildman–Crippen MR) is 59.1 cm³/mol. The number of nitrogens with two attached hydrogens (primary N) is 1. The van der Waals surface area contributed by atoms with Crippen LogP contribution in [0.2, 0.25) is 0 Å². The van der Waals surface area contributed by atoms with Crippen LogP contribution in [0.1, 0.15) is 0 Å². The average molecular weight is 264 g/mol. The highest BCUT2D eigenvalue weighted by molar-refractivity contribution is 7.98. The van der Waals surface area contributed by atoms with Gasteiger partial charge in [0.1, 0.15) is 4.90 Å². The molecule has 0 amide bonds. The summed E-state index contributed by atoms with van der Waals surface area (Å²) in [7, 11) is -4.55. The van der Waals surface area contributed by atoms with Crippen molar-refractivity contribution in [2.75, 3.05) is 12.0 Å². The third kappa shape index (κ3) is 2.43. The molecule has 0 aliphatic carbocycles. The second kappa shape index (κ2) is 4.28. The normalized spacial score (nSPS) is 11.4. The van der Waals surface area contributed by atoms with Crippen LogP contribution in [0.25, 0.3) is 0 Å². The van der Waals surface area contributed by atoms with Gasteiger partial charge in [-0.1, -0.05) is 0 Å². The number of rotatable bonds is 3. The zero-order valence-corrected chi connectivity index (χ0v) is 9.71. The molecule has 3 N–H and O–H groups in total. The van der Waals surface area contributed by atoms with E-state index in [-0.39, 0.29) is 10.6 Å². The quantitative estimate of drug-likeness (QED) is 0.276. The van der Waals surface area contributed by atoms with Gasteiger partial charge in [-0.3, -0.25) is 14.7 Å². The van der Waals surface area contributed by atoms with Crippen LogP contribution in [0.5, 0.6) is 0 Å². The summed E-state index contributed by atoms with van der Waals surface area (Å²) >= 11 is 1.06. The Morgan fingerprint density at radius 3 is 2.44 bits per heavy atom. The second-order valence-electron chi connectivity index (χ2n) is 2.79. The second-order valence-corrected chi connectivity index (χ2v) is 5.03. The number of hydrogen-bond acceptors (Lipinski definition) is 6. The minimum atomic E-state index is -4.55. The minimum absolute atomic E-state index is 0.225. The molecule has 0 saturated heterocycles. The summed E-state index contributed by atoms with van der Waals surface area (Å²) in [6.45, 7) is 0. The minimum Gasteiger partial charge on any atom is -0.398 e. The van der Waals surface area contributed by atoms with Crippen molar-refractivity contribution in [2.24, 2.45) is 0 Å². The van der Waals surface area contributed by atoms with Crippen molar-refractivity contribution in [1.29, 1.82) is 0 Å². The number of benzene rings is 1. The molecule has 0 aliphatic rings. The van der Waals surface area contributed by atoms with Crippen molar-refractivity contribution in [1.82, 2.24) is 0 Å². The van der Waals surface area contributed by atoms with Crippen molar-refractivity contribution in [3.05, 3.63) is 22.2 Å². The van der Waals surface area contributed by atoms with Gasteiger partial charge in [0.2, 0.25) is 0 Å². The Morgan fingerprint density at radius 1 is 1.50 bits per heavy atom. The van der Waals surface area contributed by atoms with Gasteiger partial charge in [-0.05, 0) is 12.3 Å². The number of nitro groups is 1. The smallest absolute Gasteiger partial charge is 0.296 e. The fourth-order valence-corrected chi connectivity index (χ4v) is 2.30. The number of anilines is 1. The summed E-state index contributed by atoms with van der Waals surface area (Å²) in [4.78, 5) is 9.49. The molecular formula is C7H8N2O5S2. The summed E-state index contributed by atoms with van der Waals surface area (Å²) < 4.78 is 30.6. The van der Waals surface area contributed by atoms with Gasteiger partial charge in [0.25, 0.3) is 15.8 Å². The fraction of sp³-hybridized carbons (Fsp3) is 0.143. The third-order valence-corrected chi connectivity index (χ3v) is 3.46. The van der Waals surface area contributed by atoms with Crippen LogP contribution < -0.4 is 5.73 Å². The number of nitrogen functional groups attached to an aromatic ring is 1. The van der Waals surface area contributed by atoms with Crippen LogP contribution in [-0.2, 0) is 10.1 Å². The van der Waals surface area contributed by atoms with Gasteiger partial charge >= 0.3 is 0 Å². The average Bonchev–Trinajstić information content (AvgIpc) is 2.14. The maximum Gasteiger partial charge on any atom is 0.296 e. The van der Waals surface area contributed by atoms with Crippen LogP contribution in [-0.4, -0.2) is 24.1 Å². The lowest BCUT2D eigenvalue weighted by molar-refractivity contribution is -0.387. The van der Waals surface area contributed by atoms with Crippen LogP contribution in [0.3, 0.4) is 0 Å². The van der Waals surface area contributed by atoms with Crippen molar-refractivity contribution in [2.45, 2.75) is 9.79 Å². The van der Waals surface area contributed by atoms with E-state index in [2.05, 4.69) is 0 Å². The zero-order chi connectivity index (χ0) is 12.5. The topological polar surface area (TPSA) is 124 Å². The molecule has 0 spiro atoms. The Kier molecular flexibility index (Phi) is 3.41. The molecule has 0 radical (unpaired) electrons. The van der Waals surface area contributed by atoms with Crippen molar-refractivity contribution in [3.8, 4) is 0 Å². The van der Waals surface area contributed by atoms with Crippen LogP contribution in [0.15, 0.2) is 21.9 Å². The monoisotopic (exact) mass is 264 g/mol. The van der Waals surface area contributed by atoms with E-state index in [0.717, 1.165) is 23.9 Å². The molecule has 0 bridgehead atoms. The largest absolute Gasteiger partial charge is 0.398 e. The Morgan fingerprint density at radius 2 is 2.06 bits per heavy atom. The molecule has 0 unspecified atom stereocenters. The third-order valence-electron chi connectivity index (χ3n) is 1.79. The van der Waals surface area contributed by atoms with Gasteiger partial charge in [0, 0.05) is 6.07 Å². The Bertz CT molecular complexity index is 540. The molecule has 0 aliphatic heterocycles. The lowest BCUT2D eigenvalue weighted by Crippen LogP contribution is -2.05. The van der Waals surface area contributed by atoms with E-state index < -0.39 is 25.6 Å². The van der Waals surface area contributed by atoms with E-state index in [0.29, 0.717) is 0 Å². The van der Waals surface area contributed by atoms with Crippen LogP contribution in [0.4, 0.5) is 11.4 Å². The SMILES string of the molecule is CSc1cc(N)c(S(=O)(=O)O)cc1[N+](=O)[O-]. The molecule has 9 heteroatoms. The van der Waals surface area contributed by atoms with Gasteiger partial charge in [0.05, 0.1) is 15.5 Å². The molecule has 88 valence electrons. The highest BCUT2D eigenvalue weighted by Gasteiger charge is 2.22. The number of hydrogen-bond donors (Lipinski definition) is 2. The van der Waals surface area contributed by atoms with E-state index in [1.807, 2.05) is 0 Å². The number of nitro benzene ring substituents is 1. The van der Waals surface area contributed by atoms with Gasteiger partial charge in [0.15, 0.2) is 0 Å². The molecule has 0 heterocycles. The molecule has 0 atom stereocenters. The van der Waals surface area contributed by atoms with Crippen molar-refractivity contribution in [3.63, 3.8) is 0 Å². The lowest BCUT2D eigenvalue weighted by atomic mass is 10.3. The highest BCUT2D eigenvalue weighted by atomic mass is 32.2. The summed E-state index contributed by atoms with van der Waals surface area (Å²) in [5.74, 6) is 0. The fourth-order valence-electron chi connectivity index (χ4n) is 1.09. The first-order valence-corrected chi connectivity index (χ1v) is 6.53. The van der Waals surface area contributed by atoms with Gasteiger partial charge in [-0.15, -0.1) is 11.8 Å². The molecule has 1 rings (SSSR count). The Hall–Kier alpha value is -1.32. The number of thioether (sulfide) groups is 1. The molecule has 0 aromatic heterocycles. The Labute approximate surface area is 95.5 Å². The van der Waals surface area contributed by atoms with E-state index in [9.17, 15) is 18.5 Å².